The van der Waals surface area contributed by atoms with Crippen molar-refractivity contribution in [3.63, 3.8) is 0 Å². The van der Waals surface area contributed by atoms with Crippen molar-refractivity contribution in [3.05, 3.63) is 60.2 Å². The van der Waals surface area contributed by atoms with Gasteiger partial charge in [-0.15, -0.1) is 0 Å². The quantitative estimate of drug-likeness (QED) is 0.759. The topological polar surface area (TPSA) is 12.4 Å². The summed E-state index contributed by atoms with van der Waals surface area (Å²) in [6.07, 6.45) is 0. The van der Waals surface area contributed by atoms with Gasteiger partial charge in [-0.3, -0.25) is 0 Å². The highest BCUT2D eigenvalue weighted by Crippen LogP contribution is 2.19. The number of hydrogen-bond donors (Lipinski definition) is 0. The Morgan fingerprint density at radius 3 is 2.00 bits per heavy atom. The van der Waals surface area contributed by atoms with Gasteiger partial charge in [-0.05, 0) is 16.7 Å². The fraction of sp³-hybridized carbons (Fsp3) is 0.0769. The van der Waals surface area contributed by atoms with Gasteiger partial charge in [-0.1, -0.05) is 54.6 Å². The second-order valence-corrected chi connectivity index (χ2v) is 3.61. The molecule has 0 amide bonds. The van der Waals surface area contributed by atoms with Gasteiger partial charge in [0.2, 0.25) is 0 Å². The van der Waals surface area contributed by atoms with Crippen LogP contribution in [0.1, 0.15) is 5.56 Å². The van der Waals surface area contributed by atoms with Crippen LogP contribution in [0.25, 0.3) is 11.1 Å². The lowest BCUT2D eigenvalue weighted by molar-refractivity contribution is 1.10. The van der Waals surface area contributed by atoms with Crippen LogP contribution in [0.2, 0.25) is 0 Å². The molecule has 0 aliphatic heterocycles. The van der Waals surface area contributed by atoms with Crippen molar-refractivity contribution in [1.82, 2.24) is 0 Å². The van der Waals surface area contributed by atoms with Gasteiger partial charge >= 0.3 is 0 Å². The predicted molar refractivity (Wildman–Crippen MR) is 65.4 cm³/mol. The van der Waals surface area contributed by atoms with E-state index in [0.29, 0.717) is 6.54 Å². The first-order valence-electron chi connectivity index (χ1n) is 4.83. The molecule has 0 radical (unpaired) electrons. The second kappa shape index (κ2) is 4.80. The molecule has 0 saturated carbocycles. The molecule has 74 valence electrons. The highest BCUT2D eigenvalue weighted by Gasteiger charge is 1.96. The van der Waals surface area contributed by atoms with Crippen molar-refractivity contribution < 1.29 is 0 Å². The first-order chi connectivity index (χ1) is 7.40. The average molecular weight is 213 g/mol. The van der Waals surface area contributed by atoms with Crippen LogP contribution in [0.5, 0.6) is 0 Å². The van der Waals surface area contributed by atoms with Crippen molar-refractivity contribution in [2.75, 3.05) is 0 Å². The number of benzene rings is 2. The van der Waals surface area contributed by atoms with Crippen molar-refractivity contribution >= 4 is 12.4 Å². The zero-order chi connectivity index (χ0) is 10.5. The molecule has 1 nitrogen and oxygen atoms in total. The third-order valence-electron chi connectivity index (χ3n) is 2.31. The number of rotatable bonds is 3. The molecule has 0 aromatic heterocycles. The lowest BCUT2D eigenvalue weighted by atomic mass is 10.0. The Morgan fingerprint density at radius 1 is 0.800 bits per heavy atom. The van der Waals surface area contributed by atoms with E-state index in [4.69, 9.17) is 0 Å². The Kier molecular flexibility index (Phi) is 3.20. The summed E-state index contributed by atoms with van der Waals surface area (Å²) in [5.74, 6) is 0. The Morgan fingerprint density at radius 2 is 1.40 bits per heavy atom. The van der Waals surface area contributed by atoms with E-state index in [1.807, 2.05) is 18.2 Å². The molecule has 0 spiro atoms. The van der Waals surface area contributed by atoms with Crippen LogP contribution in [0.3, 0.4) is 0 Å². The van der Waals surface area contributed by atoms with Crippen LogP contribution >= 0.6 is 0 Å². The minimum atomic E-state index is 0.615. The van der Waals surface area contributed by atoms with Crippen molar-refractivity contribution in [1.29, 1.82) is 0 Å². The van der Waals surface area contributed by atoms with Gasteiger partial charge in [-0.25, -0.2) is 4.36 Å². The maximum absolute atomic E-state index is 4.59. The van der Waals surface area contributed by atoms with Crippen LogP contribution in [0.15, 0.2) is 59.0 Å². The largest absolute Gasteiger partial charge is 0.215 e. The van der Waals surface area contributed by atoms with Crippen molar-refractivity contribution in [2.45, 2.75) is 6.54 Å². The number of nitrogens with zero attached hydrogens (tertiary/aromatic N) is 1. The predicted octanol–water partition coefficient (Wildman–Crippen LogP) is 3.58. The van der Waals surface area contributed by atoms with Gasteiger partial charge in [0, 0.05) is 12.4 Å². The molecule has 0 saturated heterocycles. The van der Waals surface area contributed by atoms with E-state index >= 15 is 0 Å². The van der Waals surface area contributed by atoms with Gasteiger partial charge < -0.3 is 0 Å². The summed E-state index contributed by atoms with van der Waals surface area (Å²) >= 11 is 4.59. The third-order valence-corrected chi connectivity index (χ3v) is 2.44. The Bertz CT molecular complexity index is 434. The van der Waals surface area contributed by atoms with E-state index in [9.17, 15) is 0 Å². The first kappa shape index (κ1) is 9.99. The molecule has 0 N–H and O–H groups in total. The molecule has 15 heavy (non-hydrogen) atoms. The first-order valence-corrected chi connectivity index (χ1v) is 5.20. The standard InChI is InChI=1S/C13H11NS/c15-14-10-11-6-8-13(9-7-11)12-4-2-1-3-5-12/h1-9H,10H2. The molecule has 0 aliphatic rings. The Hall–Kier alpha value is -1.54. The molecular weight excluding hydrogens is 202 g/mol. The lowest BCUT2D eigenvalue weighted by Crippen LogP contribution is -1.81. The summed E-state index contributed by atoms with van der Waals surface area (Å²) in [5, 5.41) is 0. The highest BCUT2D eigenvalue weighted by atomic mass is 32.1. The van der Waals surface area contributed by atoms with Crippen molar-refractivity contribution in [2.24, 2.45) is 4.36 Å². The van der Waals surface area contributed by atoms with Crippen LogP contribution in [-0.4, -0.2) is 0 Å². The van der Waals surface area contributed by atoms with E-state index in [-0.39, 0.29) is 0 Å². The van der Waals surface area contributed by atoms with Crippen LogP contribution in [0.4, 0.5) is 0 Å². The minimum absolute atomic E-state index is 0.615. The smallest absolute Gasteiger partial charge is 0.0771 e. The van der Waals surface area contributed by atoms with E-state index in [1.165, 1.54) is 11.1 Å². The second-order valence-electron chi connectivity index (χ2n) is 3.35. The zero-order valence-electron chi connectivity index (χ0n) is 8.26. The molecule has 0 heterocycles. The van der Waals surface area contributed by atoms with Crippen LogP contribution in [-0.2, 0) is 19.0 Å². The average Bonchev–Trinajstić information content (AvgIpc) is 2.32. The zero-order valence-corrected chi connectivity index (χ0v) is 9.08. The molecule has 2 heteroatoms. The summed E-state index contributed by atoms with van der Waals surface area (Å²) < 4.78 is 3.69. The normalized spacial score (nSPS) is 9.87. The highest BCUT2D eigenvalue weighted by molar-refractivity contribution is 7.47. The van der Waals surface area contributed by atoms with E-state index < -0.39 is 0 Å². The molecule has 2 aromatic carbocycles. The minimum Gasteiger partial charge on any atom is -0.215 e. The Balaban J connectivity index is 2.28. The molecule has 0 unspecified atom stereocenters. The van der Waals surface area contributed by atoms with Gasteiger partial charge in [0.25, 0.3) is 0 Å². The van der Waals surface area contributed by atoms with Crippen molar-refractivity contribution in [3.8, 4) is 11.1 Å². The lowest BCUT2D eigenvalue weighted by Gasteiger charge is -2.02. The van der Waals surface area contributed by atoms with E-state index in [0.717, 1.165) is 5.56 Å². The molecular formula is C13H11NS. The monoisotopic (exact) mass is 213 g/mol. The summed E-state index contributed by atoms with van der Waals surface area (Å²) in [5.41, 5.74) is 3.62. The van der Waals surface area contributed by atoms with Gasteiger partial charge in [0.1, 0.15) is 0 Å². The summed E-state index contributed by atoms with van der Waals surface area (Å²) in [4.78, 5) is 0. The third kappa shape index (κ3) is 2.48. The maximum atomic E-state index is 4.59. The molecule has 2 rings (SSSR count). The Labute approximate surface area is 94.9 Å². The molecule has 0 fully saturated rings. The maximum Gasteiger partial charge on any atom is 0.0771 e. The van der Waals surface area contributed by atoms with Gasteiger partial charge in [-0.2, -0.15) is 0 Å². The number of hydrogen-bond acceptors (Lipinski definition) is 2. The SMILES string of the molecule is S=NCc1ccc(-c2ccccc2)cc1. The van der Waals surface area contributed by atoms with Crippen LogP contribution < -0.4 is 0 Å². The molecule has 0 bridgehead atoms. The fourth-order valence-corrected chi connectivity index (χ4v) is 1.66. The van der Waals surface area contributed by atoms with E-state index in [1.54, 1.807) is 0 Å². The van der Waals surface area contributed by atoms with Gasteiger partial charge in [0.15, 0.2) is 0 Å². The van der Waals surface area contributed by atoms with Gasteiger partial charge in [0.05, 0.1) is 6.54 Å². The molecule has 0 atom stereocenters. The molecule has 0 aliphatic carbocycles. The summed E-state index contributed by atoms with van der Waals surface area (Å²) in [6.45, 7) is 0.615. The summed E-state index contributed by atoms with van der Waals surface area (Å²) in [6, 6.07) is 18.7. The molecule has 2 aromatic rings. The van der Waals surface area contributed by atoms with E-state index in [2.05, 4.69) is 53.2 Å². The van der Waals surface area contributed by atoms with Crippen LogP contribution in [0, 0.1) is 0 Å². The summed E-state index contributed by atoms with van der Waals surface area (Å²) in [7, 11) is 0. The fourth-order valence-electron chi connectivity index (χ4n) is 1.51.